The number of fused-ring (bicyclic) bond motifs is 8. The molecule has 6 aromatic rings. The average Bonchev–Trinajstić information content (AvgIpc) is 3.29. The van der Waals surface area contributed by atoms with Crippen LogP contribution in [0.1, 0.15) is 78.4 Å². The number of hydrogen-bond acceptors (Lipinski definition) is 16. The summed E-state index contributed by atoms with van der Waals surface area (Å²) < 4.78 is 33.6. The monoisotopic (exact) mass is 1140 g/mol. The van der Waals surface area contributed by atoms with Gasteiger partial charge in [-0.2, -0.15) is 0 Å². The van der Waals surface area contributed by atoms with E-state index < -0.39 is 83.1 Å². The van der Waals surface area contributed by atoms with Gasteiger partial charge in [0, 0.05) is 24.0 Å². The molecule has 4 aromatic carbocycles. The number of aromatic nitrogens is 4. The van der Waals surface area contributed by atoms with E-state index in [1.807, 2.05) is 151 Å². The topological polar surface area (TPSA) is 240 Å². The van der Waals surface area contributed by atoms with Gasteiger partial charge < -0.3 is 48.9 Å². The van der Waals surface area contributed by atoms with Gasteiger partial charge >= 0.3 is 24.1 Å². The SMILES string of the molecule is C=CCCOC(=O)N[C@H](C(=O)N1C[C@H](Oc2nc3ccccc3nc2-c2cccc(C=C)c2)C[C@H]1C(=O)OC)C(C)(C)C.COC(=O)[C@@H]1C[C@@H]2CN1C(=O)[C@H](C(C)(C)C)NC(=O)OCC/C=C/c1cccc(c1)-c1nc3ccccc3nc1O2. The van der Waals surface area contributed by atoms with Gasteiger partial charge in [-0.05, 0) is 71.2 Å². The lowest BCUT2D eigenvalue weighted by Crippen LogP contribution is -2.57. The lowest BCUT2D eigenvalue weighted by atomic mass is 9.85. The number of rotatable bonds is 11. The third kappa shape index (κ3) is 14.7. The molecule has 2 saturated heterocycles. The maximum absolute atomic E-state index is 14.0. The lowest BCUT2D eigenvalue weighted by molar-refractivity contribution is -0.152. The van der Waals surface area contributed by atoms with Crippen LogP contribution in [-0.2, 0) is 38.1 Å². The predicted octanol–water partition coefficient (Wildman–Crippen LogP) is 9.55. The van der Waals surface area contributed by atoms with Gasteiger partial charge in [-0.25, -0.2) is 39.1 Å². The number of cyclic esters (lactones) is 1. The Balaban J connectivity index is 0.000000219. The van der Waals surface area contributed by atoms with Gasteiger partial charge in [-0.15, -0.1) is 6.58 Å². The van der Waals surface area contributed by atoms with Crippen LogP contribution in [0.5, 0.6) is 11.8 Å². The van der Waals surface area contributed by atoms with Crippen LogP contribution in [0.4, 0.5) is 9.59 Å². The van der Waals surface area contributed by atoms with Crippen molar-refractivity contribution in [2.24, 2.45) is 10.8 Å². The zero-order valence-corrected chi connectivity index (χ0v) is 48.7. The molecule has 4 bridgehead atoms. The number of para-hydroxylation sites is 4. The molecule has 2 fully saturated rings. The normalized spacial score (nSPS) is 19.7. The number of nitrogens with zero attached hydrogens (tertiary/aromatic N) is 6. The minimum atomic E-state index is -0.979. The van der Waals surface area contributed by atoms with Crippen LogP contribution in [0.2, 0.25) is 0 Å². The fourth-order valence-corrected chi connectivity index (χ4v) is 10.0. The highest BCUT2D eigenvalue weighted by Gasteiger charge is 2.48. The number of esters is 2. The second-order valence-corrected chi connectivity index (χ2v) is 22.6. The molecule has 9 rings (SSSR count). The second kappa shape index (κ2) is 26.8. The Labute approximate surface area is 488 Å². The van der Waals surface area contributed by atoms with E-state index in [2.05, 4.69) is 23.8 Å². The maximum atomic E-state index is 14.0. The summed E-state index contributed by atoms with van der Waals surface area (Å²) in [7, 11) is 2.56. The van der Waals surface area contributed by atoms with Gasteiger partial charge in [0.15, 0.2) is 0 Å². The van der Waals surface area contributed by atoms with E-state index in [0.29, 0.717) is 46.7 Å². The minimum Gasteiger partial charge on any atom is -0.471 e. The third-order valence-corrected chi connectivity index (χ3v) is 14.4. The van der Waals surface area contributed by atoms with Crippen LogP contribution in [-0.4, -0.2) is 143 Å². The number of carbonyl (C=O) groups excluding carboxylic acids is 6. The standard InChI is InChI=1S/C33H38N4O6.C31H34N4O6/c1-7-9-17-42-32(40)36-28(33(3,4)5)30(38)37-20-23(19-26(37)31(39)41-6)43-29-27(22-14-12-13-21(8-2)18-22)34-24-15-10-11-16-25(24)35-29;1-31(2,3)26-28(36)35-18-21(17-24(35)29(37)39-4)41-27-25(32-22-13-5-6-14-23(22)33-27)20-12-9-11-19(16-20)10-7-8-15-40-30(38)34-26/h7-8,10-16,18,23,26,28H,1-2,9,17,19-20H2,3-6H3,(H,36,40);5-7,9-14,16,21,24,26H,8,15,17-18H2,1-4H3,(H,34,38)/b;10-7+/t23-,26+,28-;21-,24+,26-/m11/s1. The molecule has 0 unspecified atom stereocenters. The number of methoxy groups -OCH3 is 2. The second-order valence-electron chi connectivity index (χ2n) is 22.6. The first kappa shape index (κ1) is 60.9. The summed E-state index contributed by atoms with van der Waals surface area (Å²) in [6, 6.07) is 26.7. The first-order valence-corrected chi connectivity index (χ1v) is 27.8. The van der Waals surface area contributed by atoms with Crippen molar-refractivity contribution in [2.45, 2.75) is 104 Å². The van der Waals surface area contributed by atoms with Crippen molar-refractivity contribution in [2.75, 3.05) is 40.5 Å². The molecule has 0 saturated carbocycles. The summed E-state index contributed by atoms with van der Waals surface area (Å²) in [5.41, 5.74) is 5.87. The molecule has 20 heteroatoms. The van der Waals surface area contributed by atoms with Gasteiger partial charge in [0.2, 0.25) is 23.6 Å². The van der Waals surface area contributed by atoms with Crippen LogP contribution in [0, 0.1) is 10.8 Å². The molecular formula is C64H72N8O12. The Hall–Kier alpha value is -9.20. The van der Waals surface area contributed by atoms with Crippen molar-refractivity contribution in [3.05, 3.63) is 133 Å². The molecule has 4 amide bonds. The lowest BCUT2D eigenvalue weighted by Gasteiger charge is -2.34. The van der Waals surface area contributed by atoms with Gasteiger partial charge in [0.25, 0.3) is 0 Å². The van der Waals surface area contributed by atoms with E-state index in [9.17, 15) is 28.8 Å². The highest BCUT2D eigenvalue weighted by molar-refractivity contribution is 5.92. The number of hydrogen-bond donors (Lipinski definition) is 2. The summed E-state index contributed by atoms with van der Waals surface area (Å²) in [5, 5.41) is 5.41. The zero-order chi connectivity index (χ0) is 60.3. The Bertz CT molecular complexity index is 3460. The average molecular weight is 1150 g/mol. The molecule has 20 nitrogen and oxygen atoms in total. The van der Waals surface area contributed by atoms with Crippen molar-refractivity contribution in [1.29, 1.82) is 0 Å². The van der Waals surface area contributed by atoms with E-state index in [1.165, 1.54) is 24.0 Å². The van der Waals surface area contributed by atoms with Crippen molar-refractivity contribution < 1.29 is 57.2 Å². The first-order valence-electron chi connectivity index (χ1n) is 27.8. The number of likely N-dealkylation sites (tertiary alicyclic amines) is 1. The fourth-order valence-electron chi connectivity index (χ4n) is 10.0. The van der Waals surface area contributed by atoms with Crippen molar-refractivity contribution >= 4 is 70.2 Å². The van der Waals surface area contributed by atoms with E-state index >= 15 is 0 Å². The van der Waals surface area contributed by atoms with Crippen LogP contribution in [0.3, 0.4) is 0 Å². The van der Waals surface area contributed by atoms with Gasteiger partial charge in [-0.3, -0.25) is 9.59 Å². The Morgan fingerprint density at radius 2 is 1.40 bits per heavy atom. The van der Waals surface area contributed by atoms with Crippen molar-refractivity contribution in [1.82, 2.24) is 40.4 Å². The van der Waals surface area contributed by atoms with Crippen LogP contribution in [0.15, 0.2) is 122 Å². The van der Waals surface area contributed by atoms with Crippen molar-refractivity contribution in [3.8, 4) is 34.3 Å². The van der Waals surface area contributed by atoms with E-state index in [1.54, 1.807) is 12.2 Å². The number of nitrogens with one attached hydrogen (secondary N) is 2. The Kier molecular flexibility index (Phi) is 19.4. The number of ether oxygens (including phenoxy) is 6. The zero-order valence-electron chi connectivity index (χ0n) is 48.7. The number of carbonyl (C=O) groups is 6. The van der Waals surface area contributed by atoms with Crippen molar-refractivity contribution in [3.63, 3.8) is 0 Å². The van der Waals surface area contributed by atoms with Crippen LogP contribution in [0.25, 0.3) is 56.7 Å². The van der Waals surface area contributed by atoms with Gasteiger partial charge in [0.05, 0.1) is 62.6 Å². The molecule has 0 spiro atoms. The molecule has 84 heavy (non-hydrogen) atoms. The molecule has 2 N–H and O–H groups in total. The third-order valence-electron chi connectivity index (χ3n) is 14.4. The molecular weight excluding hydrogens is 1070 g/mol. The van der Waals surface area contributed by atoms with Gasteiger partial charge in [-0.1, -0.05) is 133 Å². The molecule has 0 radical (unpaired) electrons. The van der Waals surface area contributed by atoms with E-state index in [0.717, 1.165) is 27.8 Å². The molecule has 5 heterocycles. The minimum absolute atomic E-state index is 0.0685. The van der Waals surface area contributed by atoms with Crippen LogP contribution < -0.4 is 20.1 Å². The summed E-state index contributed by atoms with van der Waals surface area (Å²) in [4.78, 5) is 101. The number of benzene rings is 4. The molecule has 3 aliphatic rings. The smallest absolute Gasteiger partial charge is 0.407 e. The Morgan fingerprint density at radius 1 is 0.774 bits per heavy atom. The number of amides is 4. The fraction of sp³-hybridized carbons (Fsp3) is 0.375. The molecule has 6 atom stereocenters. The molecule has 440 valence electrons. The first-order chi connectivity index (χ1) is 40.2. The molecule has 3 aliphatic heterocycles. The van der Waals surface area contributed by atoms with Crippen LogP contribution >= 0.6 is 0 Å². The largest absolute Gasteiger partial charge is 0.471 e. The Morgan fingerprint density at radius 3 is 2.05 bits per heavy atom. The summed E-state index contributed by atoms with van der Waals surface area (Å²) in [6.07, 6.45) is 5.94. The summed E-state index contributed by atoms with van der Waals surface area (Å²) >= 11 is 0. The summed E-state index contributed by atoms with van der Waals surface area (Å²) in [6.45, 7) is 18.9. The van der Waals surface area contributed by atoms with E-state index in [-0.39, 0.29) is 45.0 Å². The number of alkyl carbamates (subject to hydrolysis) is 2. The highest BCUT2D eigenvalue weighted by atomic mass is 16.6. The van der Waals surface area contributed by atoms with Gasteiger partial charge in [0.1, 0.15) is 47.8 Å². The predicted molar refractivity (Wildman–Crippen MR) is 317 cm³/mol. The summed E-state index contributed by atoms with van der Waals surface area (Å²) in [5.74, 6) is -1.42. The van der Waals surface area contributed by atoms with E-state index in [4.69, 9.17) is 48.4 Å². The quantitative estimate of drug-likeness (QED) is 0.0531. The highest BCUT2D eigenvalue weighted by Crippen LogP contribution is 2.36. The molecule has 0 aliphatic carbocycles. The maximum Gasteiger partial charge on any atom is 0.407 e. The molecule has 2 aromatic heterocycles.